The number of benzene rings is 4. The van der Waals surface area contributed by atoms with E-state index in [1.165, 1.54) is 24.3 Å². The van der Waals surface area contributed by atoms with Crippen molar-refractivity contribution in [1.29, 1.82) is 0 Å². The van der Waals surface area contributed by atoms with Gasteiger partial charge in [0, 0.05) is 0 Å². The van der Waals surface area contributed by atoms with Crippen LogP contribution in [0.1, 0.15) is 11.1 Å². The fourth-order valence-corrected chi connectivity index (χ4v) is 7.27. The van der Waals surface area contributed by atoms with E-state index in [-0.39, 0.29) is 38.2 Å². The summed E-state index contributed by atoms with van der Waals surface area (Å²) >= 11 is 0. The minimum absolute atomic E-state index is 0.00344. The van der Waals surface area contributed by atoms with Crippen LogP contribution in [-0.4, -0.2) is 31.4 Å². The number of fused-ring (bicyclic) bond motifs is 2. The molecule has 40 heavy (non-hydrogen) atoms. The van der Waals surface area contributed by atoms with Gasteiger partial charge in [0.1, 0.15) is 16.2 Å². The number of aromatic nitrogens is 3. The molecule has 0 unspecified atom stereocenters. The highest BCUT2D eigenvalue weighted by Gasteiger charge is 2.33. The van der Waals surface area contributed by atoms with Gasteiger partial charge in [-0.05, 0) is 48.9 Å². The van der Waals surface area contributed by atoms with Crippen LogP contribution in [0.4, 0.5) is 5.82 Å². The van der Waals surface area contributed by atoms with Gasteiger partial charge in [-0.3, -0.25) is 4.72 Å². The smallest absolute Gasteiger partial charge is 0.263 e. The highest BCUT2D eigenvalue weighted by molar-refractivity contribution is 7.93. The first-order chi connectivity index (χ1) is 19.2. The SMILES string of the molecule is Cc1ccc(S(=O)(=O)c2c(NS(=O)(=O)c3ccccc3)n(Cc3ccccc3)c3nc4ccccc4nc23)cc1. The highest BCUT2D eigenvalue weighted by Crippen LogP contribution is 2.38. The van der Waals surface area contributed by atoms with Gasteiger partial charge in [-0.1, -0.05) is 78.4 Å². The summed E-state index contributed by atoms with van der Waals surface area (Å²) in [6.07, 6.45) is 0. The summed E-state index contributed by atoms with van der Waals surface area (Å²) in [6.45, 7) is 2.01. The van der Waals surface area contributed by atoms with Crippen molar-refractivity contribution in [3.05, 3.63) is 120 Å². The quantitative estimate of drug-likeness (QED) is 0.269. The molecule has 2 heterocycles. The summed E-state index contributed by atoms with van der Waals surface area (Å²) < 4.78 is 60.0. The van der Waals surface area contributed by atoms with Crippen molar-refractivity contribution in [3.8, 4) is 0 Å². The predicted octanol–water partition coefficient (Wildman–Crippen LogP) is 5.57. The van der Waals surface area contributed by atoms with Crippen LogP contribution in [-0.2, 0) is 26.4 Å². The molecular formula is C30H24N4O4S2. The lowest BCUT2D eigenvalue weighted by Gasteiger charge is -2.15. The molecule has 0 amide bonds. The Morgan fingerprint density at radius 1 is 0.675 bits per heavy atom. The van der Waals surface area contributed by atoms with E-state index in [4.69, 9.17) is 9.97 Å². The number of aryl methyl sites for hydroxylation is 1. The van der Waals surface area contributed by atoms with Gasteiger partial charge in [-0.2, -0.15) is 0 Å². The number of hydrogen-bond acceptors (Lipinski definition) is 6. The summed E-state index contributed by atoms with van der Waals surface area (Å²) in [6, 6.07) is 30.7. The average molecular weight is 569 g/mol. The summed E-state index contributed by atoms with van der Waals surface area (Å²) in [5, 5.41) is 0. The van der Waals surface area contributed by atoms with Crippen LogP contribution in [0.5, 0.6) is 0 Å². The van der Waals surface area contributed by atoms with E-state index in [2.05, 4.69) is 4.72 Å². The predicted molar refractivity (Wildman–Crippen MR) is 154 cm³/mol. The summed E-state index contributed by atoms with van der Waals surface area (Å²) in [7, 11) is -8.44. The van der Waals surface area contributed by atoms with Gasteiger partial charge < -0.3 is 4.57 Å². The van der Waals surface area contributed by atoms with Crippen LogP contribution in [0.2, 0.25) is 0 Å². The van der Waals surface area contributed by atoms with E-state index in [9.17, 15) is 16.8 Å². The molecule has 2 aromatic heterocycles. The molecule has 0 saturated carbocycles. The van der Waals surface area contributed by atoms with E-state index in [0.29, 0.717) is 11.0 Å². The van der Waals surface area contributed by atoms with Gasteiger partial charge in [0.15, 0.2) is 5.65 Å². The van der Waals surface area contributed by atoms with E-state index in [1.54, 1.807) is 53.1 Å². The molecule has 0 aliphatic carbocycles. The molecule has 0 radical (unpaired) electrons. The maximum atomic E-state index is 14.3. The fraction of sp³-hybridized carbons (Fsp3) is 0.0667. The Bertz CT molecular complexity index is 2080. The van der Waals surface area contributed by atoms with E-state index < -0.39 is 19.9 Å². The monoisotopic (exact) mass is 568 g/mol. The van der Waals surface area contributed by atoms with Crippen molar-refractivity contribution in [2.24, 2.45) is 0 Å². The number of sulfonamides is 1. The number of sulfone groups is 1. The van der Waals surface area contributed by atoms with Crippen molar-refractivity contribution in [2.45, 2.75) is 28.2 Å². The molecule has 1 N–H and O–H groups in total. The molecule has 6 rings (SSSR count). The molecule has 0 aliphatic rings. The Hall–Kier alpha value is -4.54. The van der Waals surface area contributed by atoms with E-state index in [1.807, 2.05) is 43.3 Å². The first-order valence-electron chi connectivity index (χ1n) is 12.5. The van der Waals surface area contributed by atoms with Crippen molar-refractivity contribution >= 4 is 47.9 Å². The lowest BCUT2D eigenvalue weighted by molar-refractivity contribution is 0.596. The second-order valence-electron chi connectivity index (χ2n) is 9.37. The molecule has 6 aromatic rings. The number of para-hydroxylation sites is 2. The average Bonchev–Trinajstić information content (AvgIpc) is 3.24. The third-order valence-corrected chi connectivity index (χ3v) is 9.75. The molecule has 0 atom stereocenters. The third kappa shape index (κ3) is 4.61. The van der Waals surface area contributed by atoms with Crippen LogP contribution >= 0.6 is 0 Å². The Morgan fingerprint density at radius 2 is 1.25 bits per heavy atom. The Kier molecular flexibility index (Phi) is 6.36. The van der Waals surface area contributed by atoms with Crippen molar-refractivity contribution in [2.75, 3.05) is 4.72 Å². The summed E-state index contributed by atoms with van der Waals surface area (Å²) in [4.78, 5) is 9.26. The first-order valence-corrected chi connectivity index (χ1v) is 15.4. The van der Waals surface area contributed by atoms with Crippen LogP contribution in [0.25, 0.3) is 22.2 Å². The topological polar surface area (TPSA) is 111 Å². The number of rotatable bonds is 7. The van der Waals surface area contributed by atoms with Crippen molar-refractivity contribution in [1.82, 2.24) is 14.5 Å². The zero-order valence-electron chi connectivity index (χ0n) is 21.4. The lowest BCUT2D eigenvalue weighted by Crippen LogP contribution is -2.18. The minimum Gasteiger partial charge on any atom is -0.305 e. The van der Waals surface area contributed by atoms with Crippen molar-refractivity contribution in [3.63, 3.8) is 0 Å². The maximum absolute atomic E-state index is 14.3. The Balaban J connectivity index is 1.70. The van der Waals surface area contributed by atoms with E-state index in [0.717, 1.165) is 11.1 Å². The third-order valence-electron chi connectivity index (χ3n) is 6.58. The zero-order chi connectivity index (χ0) is 27.9. The highest BCUT2D eigenvalue weighted by atomic mass is 32.2. The van der Waals surface area contributed by atoms with Gasteiger partial charge in [-0.15, -0.1) is 0 Å². The second kappa shape index (κ2) is 9.89. The zero-order valence-corrected chi connectivity index (χ0v) is 23.0. The molecule has 4 aromatic carbocycles. The molecule has 10 heteroatoms. The molecule has 8 nitrogen and oxygen atoms in total. The summed E-state index contributed by atoms with van der Waals surface area (Å²) in [5.41, 5.74) is 3.10. The molecular weight excluding hydrogens is 544 g/mol. The van der Waals surface area contributed by atoms with Gasteiger partial charge in [-0.25, -0.2) is 26.8 Å². The maximum Gasteiger partial charge on any atom is 0.263 e. The molecule has 0 fully saturated rings. The molecule has 0 bridgehead atoms. The number of hydrogen-bond donors (Lipinski definition) is 1. The largest absolute Gasteiger partial charge is 0.305 e. The number of nitrogens with one attached hydrogen (secondary N) is 1. The van der Waals surface area contributed by atoms with Crippen molar-refractivity contribution < 1.29 is 16.8 Å². The molecule has 0 spiro atoms. The lowest BCUT2D eigenvalue weighted by atomic mass is 10.2. The van der Waals surface area contributed by atoms with Crippen LogP contribution in [0.15, 0.2) is 124 Å². The normalized spacial score (nSPS) is 12.1. The second-order valence-corrected chi connectivity index (χ2v) is 12.9. The molecule has 0 aliphatic heterocycles. The van der Waals surface area contributed by atoms with Gasteiger partial charge in [0.25, 0.3) is 10.0 Å². The molecule has 0 saturated heterocycles. The van der Waals surface area contributed by atoms with Gasteiger partial charge in [0.05, 0.1) is 27.4 Å². The summed E-state index contributed by atoms with van der Waals surface area (Å²) in [5.74, 6) is -0.126. The minimum atomic E-state index is -4.26. The van der Waals surface area contributed by atoms with Crippen LogP contribution in [0.3, 0.4) is 0 Å². The standard InChI is InChI=1S/C30H24N4O4S2/c1-21-16-18-23(19-17-21)39(35,36)28-27-29(32-26-15-9-8-14-25(26)31-27)34(20-22-10-4-2-5-11-22)30(28)33-40(37,38)24-12-6-3-7-13-24/h2-19,33H,20H2,1H3. The van der Waals surface area contributed by atoms with E-state index >= 15 is 0 Å². The first kappa shape index (κ1) is 25.7. The van der Waals surface area contributed by atoms with Gasteiger partial charge >= 0.3 is 0 Å². The fourth-order valence-electron chi connectivity index (χ4n) is 4.57. The molecule has 200 valence electrons. The Morgan fingerprint density at radius 3 is 1.90 bits per heavy atom. The van der Waals surface area contributed by atoms with Gasteiger partial charge in [0.2, 0.25) is 9.84 Å². The van der Waals surface area contributed by atoms with Crippen LogP contribution < -0.4 is 4.72 Å². The number of nitrogens with zero attached hydrogens (tertiary/aromatic N) is 3. The van der Waals surface area contributed by atoms with Crippen LogP contribution in [0, 0.1) is 6.92 Å². The Labute approximate surface area is 231 Å². The number of anilines is 1.